The fraction of sp³-hybridized carbons (Fsp3) is 0.222. The zero-order chi connectivity index (χ0) is 26.5. The van der Waals surface area contributed by atoms with E-state index < -0.39 is 22.8 Å². The molecule has 37 heavy (non-hydrogen) atoms. The van der Waals surface area contributed by atoms with E-state index in [-0.39, 0.29) is 23.4 Å². The number of ether oxygens (including phenoxy) is 2. The number of nitrogens with zero attached hydrogens (tertiary/aromatic N) is 3. The molecule has 0 spiro atoms. The predicted octanol–water partition coefficient (Wildman–Crippen LogP) is 3.99. The highest BCUT2D eigenvalue weighted by molar-refractivity contribution is 5.99. The first-order chi connectivity index (χ1) is 17.8. The van der Waals surface area contributed by atoms with Gasteiger partial charge >= 0.3 is 11.9 Å². The van der Waals surface area contributed by atoms with E-state index in [0.717, 1.165) is 11.1 Å². The molecular weight excluding hydrogens is 476 g/mol. The Balaban J connectivity index is 1.59. The standard InChI is InChI=1S/C27H26N4O6/c1-17-23(26(32)36-3)25(21-5-4-6-22(13-21)31(34)35)24(18(2)29-17)27(33)37-15-20-9-7-19(8-10-20)14-30-12-11-28-16-30/h4-13,16,25,29H,14-15H2,1-3H3. The van der Waals surface area contributed by atoms with Crippen molar-refractivity contribution in [2.24, 2.45) is 0 Å². The lowest BCUT2D eigenvalue weighted by molar-refractivity contribution is -0.384. The summed E-state index contributed by atoms with van der Waals surface area (Å²) in [6, 6.07) is 13.5. The van der Waals surface area contributed by atoms with Gasteiger partial charge in [0.05, 0.1) is 35.4 Å². The van der Waals surface area contributed by atoms with Gasteiger partial charge in [0.1, 0.15) is 6.61 Å². The largest absolute Gasteiger partial charge is 0.466 e. The van der Waals surface area contributed by atoms with E-state index in [1.807, 2.05) is 35.0 Å². The van der Waals surface area contributed by atoms with Crippen LogP contribution in [0.2, 0.25) is 0 Å². The Hall–Kier alpha value is -4.73. The summed E-state index contributed by atoms with van der Waals surface area (Å²) < 4.78 is 12.6. The lowest BCUT2D eigenvalue weighted by atomic mass is 9.80. The van der Waals surface area contributed by atoms with Gasteiger partial charge < -0.3 is 19.4 Å². The van der Waals surface area contributed by atoms with Crippen molar-refractivity contribution >= 4 is 17.6 Å². The van der Waals surface area contributed by atoms with Gasteiger partial charge in [0, 0.05) is 42.5 Å². The minimum absolute atomic E-state index is 0.0128. The molecule has 1 N–H and O–H groups in total. The van der Waals surface area contributed by atoms with Crippen molar-refractivity contribution in [3.05, 3.63) is 117 Å². The number of esters is 2. The lowest BCUT2D eigenvalue weighted by Gasteiger charge is -2.30. The van der Waals surface area contributed by atoms with Crippen molar-refractivity contribution in [1.82, 2.24) is 14.9 Å². The monoisotopic (exact) mass is 502 g/mol. The van der Waals surface area contributed by atoms with Crippen molar-refractivity contribution < 1.29 is 24.0 Å². The number of nitrogens with one attached hydrogen (secondary N) is 1. The topological polar surface area (TPSA) is 126 Å². The number of allylic oxidation sites excluding steroid dienone is 2. The number of hydrogen-bond donors (Lipinski definition) is 1. The van der Waals surface area contributed by atoms with Crippen molar-refractivity contribution in [3.63, 3.8) is 0 Å². The minimum atomic E-state index is -0.904. The number of rotatable bonds is 8. The molecule has 3 aromatic rings. The van der Waals surface area contributed by atoms with Gasteiger partial charge in [-0.3, -0.25) is 10.1 Å². The molecule has 10 heteroatoms. The molecule has 4 rings (SSSR count). The minimum Gasteiger partial charge on any atom is -0.466 e. The number of dihydropyridines is 1. The van der Waals surface area contributed by atoms with E-state index >= 15 is 0 Å². The fourth-order valence-corrected chi connectivity index (χ4v) is 4.35. The number of nitro groups is 1. The van der Waals surface area contributed by atoms with Gasteiger partial charge in [-0.05, 0) is 30.5 Å². The summed E-state index contributed by atoms with van der Waals surface area (Å²) in [6.07, 6.45) is 5.33. The first kappa shape index (κ1) is 25.4. The average molecular weight is 503 g/mol. The van der Waals surface area contributed by atoms with Crippen molar-refractivity contribution in [2.45, 2.75) is 32.9 Å². The summed E-state index contributed by atoms with van der Waals surface area (Å²) >= 11 is 0. The molecule has 1 aliphatic heterocycles. The van der Waals surface area contributed by atoms with E-state index in [0.29, 0.717) is 23.5 Å². The summed E-state index contributed by atoms with van der Waals surface area (Å²) in [5.74, 6) is -2.19. The second-order valence-electron chi connectivity index (χ2n) is 8.61. The number of carbonyl (C=O) groups excluding carboxylic acids is 2. The molecule has 0 saturated heterocycles. The van der Waals surface area contributed by atoms with Crippen LogP contribution in [0.15, 0.2) is 89.8 Å². The number of methoxy groups -OCH3 is 1. The summed E-state index contributed by atoms with van der Waals surface area (Å²) in [5.41, 5.74) is 3.46. The second-order valence-corrected chi connectivity index (χ2v) is 8.61. The molecule has 0 amide bonds. The lowest BCUT2D eigenvalue weighted by Crippen LogP contribution is -2.32. The van der Waals surface area contributed by atoms with Crippen LogP contribution in [-0.2, 0) is 32.2 Å². The molecule has 2 aromatic carbocycles. The molecule has 0 fully saturated rings. The Morgan fingerprint density at radius 2 is 1.73 bits per heavy atom. The average Bonchev–Trinajstić information content (AvgIpc) is 3.40. The Bertz CT molecular complexity index is 1390. The molecule has 0 aliphatic carbocycles. The maximum atomic E-state index is 13.4. The highest BCUT2D eigenvalue weighted by atomic mass is 16.6. The molecular formula is C27H26N4O6. The normalized spacial score (nSPS) is 15.3. The van der Waals surface area contributed by atoms with Crippen LogP contribution < -0.4 is 5.32 Å². The molecule has 0 saturated carbocycles. The highest BCUT2D eigenvalue weighted by Gasteiger charge is 2.38. The van der Waals surface area contributed by atoms with Crippen LogP contribution in [0.25, 0.3) is 0 Å². The Morgan fingerprint density at radius 3 is 2.35 bits per heavy atom. The number of carbonyl (C=O) groups is 2. The molecule has 1 aliphatic rings. The molecule has 1 aromatic heterocycles. The van der Waals surface area contributed by atoms with Gasteiger partial charge in [-0.15, -0.1) is 0 Å². The Kier molecular flexibility index (Phi) is 7.47. The van der Waals surface area contributed by atoms with Gasteiger partial charge in [0.2, 0.25) is 0 Å². The molecule has 1 atom stereocenters. The van der Waals surface area contributed by atoms with Crippen LogP contribution in [-0.4, -0.2) is 33.5 Å². The maximum Gasteiger partial charge on any atom is 0.337 e. The molecule has 1 unspecified atom stereocenters. The number of aromatic nitrogens is 2. The third-order valence-electron chi connectivity index (χ3n) is 6.12. The molecule has 0 bridgehead atoms. The van der Waals surface area contributed by atoms with E-state index in [1.54, 1.807) is 32.4 Å². The van der Waals surface area contributed by atoms with Crippen molar-refractivity contribution in [2.75, 3.05) is 7.11 Å². The highest BCUT2D eigenvalue weighted by Crippen LogP contribution is 2.40. The van der Waals surface area contributed by atoms with Gasteiger partial charge in [-0.25, -0.2) is 14.6 Å². The smallest absolute Gasteiger partial charge is 0.337 e. The first-order valence-corrected chi connectivity index (χ1v) is 11.5. The van der Waals surface area contributed by atoms with E-state index in [4.69, 9.17) is 9.47 Å². The van der Waals surface area contributed by atoms with Gasteiger partial charge in [-0.1, -0.05) is 36.4 Å². The van der Waals surface area contributed by atoms with Gasteiger partial charge in [0.15, 0.2) is 0 Å². The van der Waals surface area contributed by atoms with Gasteiger partial charge in [-0.2, -0.15) is 0 Å². The van der Waals surface area contributed by atoms with Crippen LogP contribution in [0.4, 0.5) is 5.69 Å². The summed E-state index contributed by atoms with van der Waals surface area (Å²) in [4.78, 5) is 41.0. The second kappa shape index (κ2) is 10.9. The van der Waals surface area contributed by atoms with Crippen molar-refractivity contribution in [3.8, 4) is 0 Å². The van der Waals surface area contributed by atoms with Crippen LogP contribution in [0, 0.1) is 10.1 Å². The zero-order valence-corrected chi connectivity index (χ0v) is 20.6. The predicted molar refractivity (Wildman–Crippen MR) is 134 cm³/mol. The number of nitro benzene ring substituents is 1. The first-order valence-electron chi connectivity index (χ1n) is 11.5. The summed E-state index contributed by atoms with van der Waals surface area (Å²) in [7, 11) is 1.24. The SMILES string of the molecule is COC(=O)C1=C(C)NC(C)=C(C(=O)OCc2ccc(Cn3ccnc3)cc2)C1c1cccc([N+](=O)[O-])c1. The number of hydrogen-bond acceptors (Lipinski definition) is 8. The number of non-ortho nitro benzene ring substituents is 1. The van der Waals surface area contributed by atoms with E-state index in [1.165, 1.54) is 25.3 Å². The van der Waals surface area contributed by atoms with Crippen LogP contribution in [0.3, 0.4) is 0 Å². The quantitative estimate of drug-likeness (QED) is 0.278. The third kappa shape index (κ3) is 5.58. The third-order valence-corrected chi connectivity index (χ3v) is 6.12. The maximum absolute atomic E-state index is 13.4. The van der Waals surface area contributed by atoms with Crippen molar-refractivity contribution in [1.29, 1.82) is 0 Å². The molecule has 10 nitrogen and oxygen atoms in total. The number of benzene rings is 2. The van der Waals surface area contributed by atoms with Gasteiger partial charge in [0.25, 0.3) is 5.69 Å². The summed E-state index contributed by atoms with van der Waals surface area (Å²) in [5, 5.41) is 14.5. The van der Waals surface area contributed by atoms with E-state index in [2.05, 4.69) is 10.3 Å². The van der Waals surface area contributed by atoms with Crippen LogP contribution in [0.5, 0.6) is 0 Å². The van der Waals surface area contributed by atoms with E-state index in [9.17, 15) is 19.7 Å². The molecule has 0 radical (unpaired) electrons. The molecule has 190 valence electrons. The zero-order valence-electron chi connectivity index (χ0n) is 20.6. The number of imidazole rings is 1. The van der Waals surface area contributed by atoms with Crippen LogP contribution >= 0.6 is 0 Å². The molecule has 2 heterocycles. The Morgan fingerprint density at radius 1 is 1.05 bits per heavy atom. The summed E-state index contributed by atoms with van der Waals surface area (Å²) in [6.45, 7) is 4.07. The fourth-order valence-electron chi connectivity index (χ4n) is 4.35. The van der Waals surface area contributed by atoms with Crippen LogP contribution in [0.1, 0.15) is 36.5 Å². The Labute approximate surface area is 213 Å².